The number of fused-ring (bicyclic) bond motifs is 7. The fourth-order valence-corrected chi connectivity index (χ4v) is 10.7. The molecule has 10 atom stereocenters. The lowest BCUT2D eigenvalue weighted by Crippen LogP contribution is -2.66. The third kappa shape index (κ3) is 3.07. The lowest BCUT2D eigenvalue weighted by Gasteiger charge is -2.71. The zero-order valence-electron chi connectivity index (χ0n) is 22.6. The van der Waals surface area contributed by atoms with Gasteiger partial charge >= 0.3 is 5.97 Å². The molecular weight excluding hydrogens is 440 g/mol. The van der Waals surface area contributed by atoms with Gasteiger partial charge in [-0.1, -0.05) is 46.3 Å². The van der Waals surface area contributed by atoms with E-state index in [1.165, 1.54) is 5.57 Å². The van der Waals surface area contributed by atoms with Crippen LogP contribution >= 0.6 is 0 Å². The van der Waals surface area contributed by atoms with Gasteiger partial charge in [-0.15, -0.1) is 0 Å². The summed E-state index contributed by atoms with van der Waals surface area (Å²) in [6.45, 7) is 11.7. The largest absolute Gasteiger partial charge is 0.481 e. The van der Waals surface area contributed by atoms with Crippen molar-refractivity contribution in [2.45, 2.75) is 105 Å². The lowest BCUT2D eigenvalue weighted by molar-refractivity contribution is -0.216. The highest BCUT2D eigenvalue weighted by Crippen LogP contribution is 2.75. The summed E-state index contributed by atoms with van der Waals surface area (Å²) in [6.07, 6.45) is 10.5. The number of aliphatic hydroxyl groups is 3. The standard InChI is InChI=1S/C30H48O5/c1-25(17-31)12-14-30(24(34)35)15-13-28(4)19(20(30)16-25)6-7-22-26(2)10-9-23(33)27(3,18-32)21(26)8-11-29(22,28)5/h6,20-23,31-33H,7-18H2,1-5H3,(H,34,35)/t20-,21?,22+,23-,25+,26-,27-,28+,29+,30-/m0/s1. The molecule has 5 aliphatic rings. The zero-order chi connectivity index (χ0) is 25.7. The number of carboxylic acids is 1. The predicted octanol–water partition coefficient (Wildman–Crippen LogP) is 5.18. The van der Waals surface area contributed by atoms with Crippen molar-refractivity contribution in [1.82, 2.24) is 0 Å². The van der Waals surface area contributed by atoms with Gasteiger partial charge in [0.2, 0.25) is 0 Å². The Kier molecular flexibility index (Phi) is 5.73. The lowest BCUT2D eigenvalue weighted by atomic mass is 9.33. The maximum absolute atomic E-state index is 12.8. The minimum atomic E-state index is -0.700. The first-order chi connectivity index (χ1) is 16.3. The second kappa shape index (κ2) is 7.80. The van der Waals surface area contributed by atoms with Crippen LogP contribution in [-0.2, 0) is 4.79 Å². The van der Waals surface area contributed by atoms with Crippen molar-refractivity contribution in [3.63, 3.8) is 0 Å². The molecule has 0 radical (unpaired) electrons. The van der Waals surface area contributed by atoms with E-state index in [2.05, 4.69) is 40.7 Å². The molecule has 0 amide bonds. The van der Waals surface area contributed by atoms with Crippen LogP contribution in [0.2, 0.25) is 0 Å². The predicted molar refractivity (Wildman–Crippen MR) is 136 cm³/mol. The summed E-state index contributed by atoms with van der Waals surface area (Å²) in [5.74, 6) is 0.0812. The van der Waals surface area contributed by atoms with Crippen molar-refractivity contribution >= 4 is 5.97 Å². The Morgan fingerprint density at radius 1 is 0.914 bits per heavy atom. The van der Waals surface area contributed by atoms with E-state index in [9.17, 15) is 25.2 Å². The molecule has 5 nitrogen and oxygen atoms in total. The van der Waals surface area contributed by atoms with Gasteiger partial charge in [-0.25, -0.2) is 0 Å². The summed E-state index contributed by atoms with van der Waals surface area (Å²) >= 11 is 0. The van der Waals surface area contributed by atoms with Crippen molar-refractivity contribution < 1.29 is 25.2 Å². The number of hydrogen-bond acceptors (Lipinski definition) is 4. The summed E-state index contributed by atoms with van der Waals surface area (Å²) in [7, 11) is 0. The monoisotopic (exact) mass is 488 g/mol. The number of aliphatic carboxylic acids is 1. The van der Waals surface area contributed by atoms with Crippen LogP contribution in [-0.4, -0.2) is 45.7 Å². The van der Waals surface area contributed by atoms with E-state index in [1.807, 2.05) is 0 Å². The third-order valence-electron chi connectivity index (χ3n) is 13.4. The summed E-state index contributed by atoms with van der Waals surface area (Å²) in [6, 6.07) is 0. The summed E-state index contributed by atoms with van der Waals surface area (Å²) in [4.78, 5) is 12.8. The number of allylic oxidation sites excluding steroid dienone is 2. The van der Waals surface area contributed by atoms with Gasteiger partial charge in [0.05, 0.1) is 18.1 Å². The number of aliphatic hydroxyl groups excluding tert-OH is 3. The molecule has 0 aromatic heterocycles. The van der Waals surface area contributed by atoms with Crippen LogP contribution < -0.4 is 0 Å². The molecule has 0 aromatic rings. The Morgan fingerprint density at radius 2 is 1.60 bits per heavy atom. The molecule has 0 saturated heterocycles. The number of hydrogen-bond donors (Lipinski definition) is 4. The molecule has 4 N–H and O–H groups in total. The van der Waals surface area contributed by atoms with Crippen LogP contribution in [0.5, 0.6) is 0 Å². The molecule has 0 aliphatic heterocycles. The molecule has 1 unspecified atom stereocenters. The summed E-state index contributed by atoms with van der Waals surface area (Å²) in [5, 5.41) is 42.0. The Morgan fingerprint density at radius 3 is 2.23 bits per heavy atom. The van der Waals surface area contributed by atoms with Crippen LogP contribution in [0.25, 0.3) is 0 Å². The van der Waals surface area contributed by atoms with Gasteiger partial charge in [0, 0.05) is 12.0 Å². The average molecular weight is 489 g/mol. The van der Waals surface area contributed by atoms with E-state index in [4.69, 9.17) is 0 Å². The molecule has 0 spiro atoms. The van der Waals surface area contributed by atoms with Crippen LogP contribution in [0, 0.1) is 50.2 Å². The number of rotatable bonds is 3. The van der Waals surface area contributed by atoms with Crippen molar-refractivity contribution in [3.8, 4) is 0 Å². The smallest absolute Gasteiger partial charge is 0.310 e. The van der Waals surface area contributed by atoms with Gasteiger partial charge in [-0.05, 0) is 104 Å². The minimum absolute atomic E-state index is 0.0103. The topological polar surface area (TPSA) is 98.0 Å². The average Bonchev–Trinajstić information content (AvgIpc) is 2.82. The minimum Gasteiger partial charge on any atom is -0.481 e. The highest BCUT2D eigenvalue weighted by Gasteiger charge is 2.69. The van der Waals surface area contributed by atoms with Gasteiger partial charge in [0.15, 0.2) is 0 Å². The Balaban J connectivity index is 1.59. The van der Waals surface area contributed by atoms with Gasteiger partial charge in [-0.2, -0.15) is 0 Å². The van der Waals surface area contributed by atoms with E-state index < -0.39 is 22.9 Å². The van der Waals surface area contributed by atoms with Crippen LogP contribution in [0.1, 0.15) is 98.8 Å². The zero-order valence-corrected chi connectivity index (χ0v) is 22.6. The summed E-state index contributed by atoms with van der Waals surface area (Å²) < 4.78 is 0. The SMILES string of the molecule is C[C@@]1(CO)CC[C@]2(C(=O)O)CC[C@]3(C)C(=CC[C@@H]4[C@@]5(C)CC[C@H](O)[C@@](C)(CO)C5CC[C@]43C)[C@@H]2C1. The van der Waals surface area contributed by atoms with Crippen molar-refractivity contribution in [2.75, 3.05) is 13.2 Å². The van der Waals surface area contributed by atoms with Crippen LogP contribution in [0.3, 0.4) is 0 Å². The van der Waals surface area contributed by atoms with E-state index in [0.29, 0.717) is 12.3 Å². The van der Waals surface area contributed by atoms with Crippen LogP contribution in [0.15, 0.2) is 11.6 Å². The molecule has 5 heteroatoms. The van der Waals surface area contributed by atoms with Crippen molar-refractivity contribution in [2.24, 2.45) is 50.2 Å². The van der Waals surface area contributed by atoms with Gasteiger partial charge in [0.1, 0.15) is 0 Å². The molecule has 35 heavy (non-hydrogen) atoms. The molecule has 0 aromatic carbocycles. The number of carboxylic acid groups (broad SMARTS) is 1. The molecule has 198 valence electrons. The fourth-order valence-electron chi connectivity index (χ4n) is 10.7. The van der Waals surface area contributed by atoms with Crippen molar-refractivity contribution in [1.29, 1.82) is 0 Å². The Hall–Kier alpha value is -0.910. The maximum atomic E-state index is 12.8. The van der Waals surface area contributed by atoms with Crippen LogP contribution in [0.4, 0.5) is 0 Å². The van der Waals surface area contributed by atoms with E-state index in [1.54, 1.807) is 0 Å². The molecule has 4 fully saturated rings. The first-order valence-corrected chi connectivity index (χ1v) is 14.1. The van der Waals surface area contributed by atoms with E-state index in [-0.39, 0.29) is 46.7 Å². The number of carbonyl (C=O) groups is 1. The molecule has 0 bridgehead atoms. The third-order valence-corrected chi connectivity index (χ3v) is 13.4. The van der Waals surface area contributed by atoms with Crippen molar-refractivity contribution in [3.05, 3.63) is 11.6 Å². The molecule has 5 rings (SSSR count). The molecule has 0 heterocycles. The van der Waals surface area contributed by atoms with Gasteiger partial charge in [-0.3, -0.25) is 4.79 Å². The Labute approximate surface area is 211 Å². The summed E-state index contributed by atoms with van der Waals surface area (Å²) in [5.41, 5.74) is 0.0261. The second-order valence-corrected chi connectivity index (χ2v) is 14.7. The first kappa shape index (κ1) is 25.7. The fraction of sp³-hybridized carbons (Fsp3) is 0.900. The molecule has 4 saturated carbocycles. The first-order valence-electron chi connectivity index (χ1n) is 14.1. The molecular formula is C30H48O5. The van der Waals surface area contributed by atoms with Gasteiger partial charge < -0.3 is 20.4 Å². The highest BCUT2D eigenvalue weighted by molar-refractivity contribution is 5.76. The molecule has 5 aliphatic carbocycles. The van der Waals surface area contributed by atoms with E-state index >= 15 is 0 Å². The quantitative estimate of drug-likeness (QED) is 0.411. The maximum Gasteiger partial charge on any atom is 0.310 e. The Bertz CT molecular complexity index is 930. The highest BCUT2D eigenvalue weighted by atomic mass is 16.4. The second-order valence-electron chi connectivity index (χ2n) is 14.7. The normalized spacial score (nSPS) is 55.6. The van der Waals surface area contributed by atoms with E-state index in [0.717, 1.165) is 57.8 Å². The van der Waals surface area contributed by atoms with Gasteiger partial charge in [0.25, 0.3) is 0 Å².